The zero-order valence-corrected chi connectivity index (χ0v) is 19.1. The van der Waals surface area contributed by atoms with Crippen LogP contribution in [0.4, 0.5) is 10.5 Å². The van der Waals surface area contributed by atoms with E-state index in [-0.39, 0.29) is 17.9 Å². The first kappa shape index (κ1) is 22.9. The lowest BCUT2D eigenvalue weighted by molar-refractivity contribution is -0.122. The van der Waals surface area contributed by atoms with E-state index >= 15 is 0 Å². The van der Waals surface area contributed by atoms with Gasteiger partial charge in [-0.25, -0.2) is 9.69 Å². The summed E-state index contributed by atoms with van der Waals surface area (Å²) in [6.45, 7) is 0.145. The van der Waals surface area contributed by atoms with Gasteiger partial charge in [0, 0.05) is 26.2 Å². The molecule has 0 unspecified atom stereocenters. The van der Waals surface area contributed by atoms with E-state index < -0.39 is 17.8 Å². The van der Waals surface area contributed by atoms with Crippen molar-refractivity contribution in [3.63, 3.8) is 0 Å². The van der Waals surface area contributed by atoms with Crippen molar-refractivity contribution < 1.29 is 19.1 Å². The highest BCUT2D eigenvalue weighted by Gasteiger charge is 2.36. The fourth-order valence-electron chi connectivity index (χ4n) is 3.16. The van der Waals surface area contributed by atoms with E-state index in [9.17, 15) is 14.4 Å². The fraction of sp³-hybridized carbons (Fsp3) is 0.0417. The van der Waals surface area contributed by atoms with Crippen LogP contribution in [0.15, 0.2) is 72.3 Å². The third-order valence-corrected chi connectivity index (χ3v) is 5.64. The topological polar surface area (TPSA) is 75.7 Å². The predicted octanol–water partition coefficient (Wildman–Crippen LogP) is 5.89. The van der Waals surface area contributed by atoms with Crippen LogP contribution in [0.2, 0.25) is 15.1 Å². The summed E-state index contributed by atoms with van der Waals surface area (Å²) in [4.78, 5) is 38.8. The Labute approximate surface area is 204 Å². The number of para-hydroxylation sites is 1. The number of barbiturate groups is 1. The number of nitrogens with one attached hydrogen (secondary N) is 1. The molecule has 4 rings (SSSR count). The van der Waals surface area contributed by atoms with Crippen LogP contribution in [-0.4, -0.2) is 17.8 Å². The van der Waals surface area contributed by atoms with Gasteiger partial charge in [-0.2, -0.15) is 0 Å². The van der Waals surface area contributed by atoms with Crippen LogP contribution < -0.4 is 15.0 Å². The second-order valence-corrected chi connectivity index (χ2v) is 8.28. The first-order valence-corrected chi connectivity index (χ1v) is 10.8. The lowest BCUT2D eigenvalue weighted by atomic mass is 10.1. The maximum absolute atomic E-state index is 13.1. The number of rotatable bonds is 5. The largest absolute Gasteiger partial charge is 0.488 e. The van der Waals surface area contributed by atoms with Crippen molar-refractivity contribution in [1.29, 1.82) is 0 Å². The number of carbonyl (C=O) groups excluding carboxylic acids is 3. The van der Waals surface area contributed by atoms with Gasteiger partial charge in [-0.05, 0) is 48.5 Å². The molecule has 1 aliphatic heterocycles. The molecule has 0 aromatic heterocycles. The maximum atomic E-state index is 13.1. The number of imide groups is 2. The number of hydrogen-bond acceptors (Lipinski definition) is 4. The molecule has 166 valence electrons. The third kappa shape index (κ3) is 5.03. The Hall–Kier alpha value is -3.32. The summed E-state index contributed by atoms with van der Waals surface area (Å²) in [7, 11) is 0. The third-order valence-electron chi connectivity index (χ3n) is 4.80. The number of benzene rings is 3. The van der Waals surface area contributed by atoms with E-state index in [0.717, 1.165) is 10.5 Å². The molecule has 1 saturated heterocycles. The molecule has 1 N–H and O–H groups in total. The molecule has 1 heterocycles. The van der Waals surface area contributed by atoms with Crippen LogP contribution in [0.5, 0.6) is 5.75 Å². The van der Waals surface area contributed by atoms with Crippen LogP contribution in [0, 0.1) is 0 Å². The minimum absolute atomic E-state index is 0.145. The molecule has 3 aromatic rings. The second-order valence-electron chi connectivity index (χ2n) is 7.00. The van der Waals surface area contributed by atoms with Crippen LogP contribution in [0.25, 0.3) is 6.08 Å². The number of carbonyl (C=O) groups is 3. The SMILES string of the molecule is O=C1NC(=O)N(c2ccc(Cl)cc2)C(=O)/C1=C/c1ccccc1OCc1ccc(Cl)cc1Cl. The summed E-state index contributed by atoms with van der Waals surface area (Å²) >= 11 is 18.0. The van der Waals surface area contributed by atoms with Crippen LogP contribution >= 0.6 is 34.8 Å². The second kappa shape index (κ2) is 9.67. The quantitative estimate of drug-likeness (QED) is 0.349. The van der Waals surface area contributed by atoms with Gasteiger partial charge in [0.15, 0.2) is 0 Å². The molecular formula is C24H15Cl3N2O4. The monoisotopic (exact) mass is 500 g/mol. The molecule has 0 bridgehead atoms. The lowest BCUT2D eigenvalue weighted by Crippen LogP contribution is -2.54. The summed E-state index contributed by atoms with van der Waals surface area (Å²) < 4.78 is 5.89. The number of halogens is 3. The average Bonchev–Trinajstić information content (AvgIpc) is 2.78. The van der Waals surface area contributed by atoms with Crippen LogP contribution in [0.3, 0.4) is 0 Å². The van der Waals surface area contributed by atoms with Crippen LogP contribution in [0.1, 0.15) is 11.1 Å². The molecule has 0 radical (unpaired) electrons. The predicted molar refractivity (Wildman–Crippen MR) is 128 cm³/mol. The van der Waals surface area contributed by atoms with Crippen molar-refractivity contribution in [2.45, 2.75) is 6.61 Å². The zero-order valence-electron chi connectivity index (χ0n) is 16.8. The van der Waals surface area contributed by atoms with Crippen molar-refractivity contribution in [2.24, 2.45) is 0 Å². The Balaban J connectivity index is 1.63. The Morgan fingerprint density at radius 2 is 1.58 bits per heavy atom. The first-order chi connectivity index (χ1) is 15.8. The summed E-state index contributed by atoms with van der Waals surface area (Å²) in [5, 5.41) is 3.60. The van der Waals surface area contributed by atoms with Gasteiger partial charge in [-0.3, -0.25) is 14.9 Å². The molecule has 0 saturated carbocycles. The molecular weight excluding hydrogens is 487 g/mol. The molecule has 3 aromatic carbocycles. The number of ether oxygens (including phenoxy) is 1. The smallest absolute Gasteiger partial charge is 0.335 e. The highest BCUT2D eigenvalue weighted by atomic mass is 35.5. The van der Waals surface area contributed by atoms with Gasteiger partial charge in [0.25, 0.3) is 11.8 Å². The number of nitrogens with zero attached hydrogens (tertiary/aromatic N) is 1. The van der Waals surface area contributed by atoms with Crippen LogP contribution in [-0.2, 0) is 16.2 Å². The molecule has 33 heavy (non-hydrogen) atoms. The highest BCUT2D eigenvalue weighted by molar-refractivity contribution is 6.39. The average molecular weight is 502 g/mol. The molecule has 1 aliphatic rings. The Bertz CT molecular complexity index is 1290. The summed E-state index contributed by atoms with van der Waals surface area (Å²) in [6, 6.07) is 17.2. The summed E-state index contributed by atoms with van der Waals surface area (Å²) in [6.07, 6.45) is 1.38. The van der Waals surface area contributed by atoms with Crippen molar-refractivity contribution in [3.05, 3.63) is 98.5 Å². The normalized spacial score (nSPS) is 15.1. The first-order valence-electron chi connectivity index (χ1n) is 9.66. The lowest BCUT2D eigenvalue weighted by Gasteiger charge is -2.26. The van der Waals surface area contributed by atoms with Gasteiger partial charge >= 0.3 is 6.03 Å². The minimum Gasteiger partial charge on any atom is -0.488 e. The molecule has 0 atom stereocenters. The van der Waals surface area contributed by atoms with Gasteiger partial charge < -0.3 is 4.74 Å². The van der Waals surface area contributed by atoms with Crippen molar-refractivity contribution in [1.82, 2.24) is 5.32 Å². The van der Waals surface area contributed by atoms with Crippen molar-refractivity contribution in [3.8, 4) is 5.75 Å². The Morgan fingerprint density at radius 3 is 2.30 bits per heavy atom. The van der Waals surface area contributed by atoms with Gasteiger partial charge in [-0.1, -0.05) is 59.1 Å². The van der Waals surface area contributed by atoms with E-state index in [0.29, 0.717) is 26.4 Å². The maximum Gasteiger partial charge on any atom is 0.335 e. The van der Waals surface area contributed by atoms with E-state index in [1.54, 1.807) is 54.6 Å². The molecule has 9 heteroatoms. The standard InChI is InChI=1S/C24H15Cl3N2O4/c25-16-7-9-18(10-8-16)29-23(31)19(22(30)28-24(29)32)11-14-3-1-2-4-21(14)33-13-15-5-6-17(26)12-20(15)27/h1-12H,13H2,(H,28,30,32)/b19-11+. The number of amides is 4. The number of hydrogen-bond donors (Lipinski definition) is 1. The summed E-state index contributed by atoms with van der Waals surface area (Å²) in [5.74, 6) is -1.14. The van der Waals surface area contributed by atoms with Gasteiger partial charge in [0.2, 0.25) is 0 Å². The fourth-order valence-corrected chi connectivity index (χ4v) is 3.75. The molecule has 0 spiro atoms. The minimum atomic E-state index is -0.841. The van der Waals surface area contributed by atoms with E-state index in [4.69, 9.17) is 39.5 Å². The van der Waals surface area contributed by atoms with E-state index in [1.807, 2.05) is 0 Å². The number of anilines is 1. The van der Waals surface area contributed by atoms with Crippen molar-refractivity contribution in [2.75, 3.05) is 4.90 Å². The van der Waals surface area contributed by atoms with Gasteiger partial charge in [-0.15, -0.1) is 0 Å². The van der Waals surface area contributed by atoms with Gasteiger partial charge in [0.1, 0.15) is 17.9 Å². The Morgan fingerprint density at radius 1 is 0.879 bits per heavy atom. The summed E-state index contributed by atoms with van der Waals surface area (Å²) in [5.41, 5.74) is 1.26. The van der Waals surface area contributed by atoms with E-state index in [2.05, 4.69) is 5.32 Å². The number of urea groups is 1. The zero-order chi connectivity index (χ0) is 23.5. The molecule has 6 nitrogen and oxygen atoms in total. The molecule has 0 aliphatic carbocycles. The molecule has 4 amide bonds. The van der Waals surface area contributed by atoms with Gasteiger partial charge in [0.05, 0.1) is 5.69 Å². The van der Waals surface area contributed by atoms with Crippen molar-refractivity contribution >= 4 is 64.4 Å². The van der Waals surface area contributed by atoms with E-state index in [1.165, 1.54) is 18.2 Å². The molecule has 1 fully saturated rings. The highest BCUT2D eigenvalue weighted by Crippen LogP contribution is 2.28. The Kier molecular flexibility index (Phi) is 6.70.